The summed E-state index contributed by atoms with van der Waals surface area (Å²) in [5, 5.41) is 10.7. The first-order valence-corrected chi connectivity index (χ1v) is 6.00. The highest BCUT2D eigenvalue weighted by molar-refractivity contribution is 5.93. The number of oxazole rings is 1. The number of fused-ring (bicyclic) bond motifs is 1. The Labute approximate surface area is 118 Å². The van der Waals surface area contributed by atoms with Crippen LogP contribution in [0.3, 0.4) is 0 Å². The Kier molecular flexibility index (Phi) is 2.87. The summed E-state index contributed by atoms with van der Waals surface area (Å²) in [5.41, 5.74) is 6.99. The van der Waals surface area contributed by atoms with Gasteiger partial charge in [-0.15, -0.1) is 0 Å². The summed E-state index contributed by atoms with van der Waals surface area (Å²) in [6, 6.07) is 10.6. The van der Waals surface area contributed by atoms with Crippen LogP contribution in [0, 0.1) is 10.1 Å². The number of hydrogen-bond acceptors (Lipinski definition) is 5. The number of primary amides is 1. The molecule has 1 amide bonds. The number of nitro groups is 1. The van der Waals surface area contributed by atoms with Crippen LogP contribution in [-0.4, -0.2) is 15.8 Å². The number of aromatic nitrogens is 1. The van der Waals surface area contributed by atoms with E-state index in [-0.39, 0.29) is 5.69 Å². The standard InChI is InChI=1S/C14H9N3O4/c15-13(18)8-1-3-9(4-2-8)14-16-11-6-5-10(17(19)20)7-12(11)21-14/h1-7H,(H2,15,18). The first-order chi connectivity index (χ1) is 10.0. The maximum absolute atomic E-state index is 11.0. The van der Waals surface area contributed by atoms with Crippen LogP contribution in [-0.2, 0) is 0 Å². The van der Waals surface area contributed by atoms with E-state index >= 15 is 0 Å². The van der Waals surface area contributed by atoms with E-state index in [9.17, 15) is 14.9 Å². The highest BCUT2D eigenvalue weighted by Crippen LogP contribution is 2.27. The van der Waals surface area contributed by atoms with E-state index in [1.54, 1.807) is 24.3 Å². The van der Waals surface area contributed by atoms with Crippen molar-refractivity contribution in [1.29, 1.82) is 0 Å². The van der Waals surface area contributed by atoms with Crippen LogP contribution in [0.25, 0.3) is 22.6 Å². The molecular formula is C14H9N3O4. The van der Waals surface area contributed by atoms with E-state index < -0.39 is 10.8 Å². The van der Waals surface area contributed by atoms with Crippen LogP contribution < -0.4 is 5.73 Å². The second-order valence-corrected chi connectivity index (χ2v) is 4.37. The zero-order chi connectivity index (χ0) is 15.0. The molecule has 0 bridgehead atoms. The maximum Gasteiger partial charge on any atom is 0.273 e. The summed E-state index contributed by atoms with van der Waals surface area (Å²) in [6.45, 7) is 0. The Morgan fingerprint density at radius 2 is 1.90 bits per heavy atom. The van der Waals surface area contributed by atoms with Crippen LogP contribution in [0.4, 0.5) is 5.69 Å². The van der Waals surface area contributed by atoms with Gasteiger partial charge in [-0.2, -0.15) is 0 Å². The van der Waals surface area contributed by atoms with Gasteiger partial charge in [0.15, 0.2) is 5.58 Å². The topological polar surface area (TPSA) is 112 Å². The number of rotatable bonds is 3. The molecule has 0 saturated carbocycles. The summed E-state index contributed by atoms with van der Waals surface area (Å²) < 4.78 is 5.51. The van der Waals surface area contributed by atoms with Crippen LogP contribution in [0.5, 0.6) is 0 Å². The van der Waals surface area contributed by atoms with Crippen molar-refractivity contribution in [2.75, 3.05) is 0 Å². The molecular weight excluding hydrogens is 274 g/mol. The van der Waals surface area contributed by atoms with Gasteiger partial charge in [-0.25, -0.2) is 4.98 Å². The molecule has 0 unspecified atom stereocenters. The first kappa shape index (κ1) is 12.8. The number of nitro benzene ring substituents is 1. The third kappa shape index (κ3) is 2.32. The zero-order valence-corrected chi connectivity index (χ0v) is 10.6. The SMILES string of the molecule is NC(=O)c1ccc(-c2nc3ccc([N+](=O)[O-])cc3o2)cc1. The van der Waals surface area contributed by atoms with Crippen LogP contribution >= 0.6 is 0 Å². The molecule has 0 aliphatic carbocycles. The highest BCUT2D eigenvalue weighted by Gasteiger charge is 2.13. The van der Waals surface area contributed by atoms with Gasteiger partial charge in [-0.1, -0.05) is 0 Å². The minimum absolute atomic E-state index is 0.0609. The monoisotopic (exact) mass is 283 g/mol. The van der Waals surface area contributed by atoms with Crippen molar-refractivity contribution >= 4 is 22.7 Å². The molecule has 0 aliphatic rings. The van der Waals surface area contributed by atoms with Crippen molar-refractivity contribution in [2.45, 2.75) is 0 Å². The van der Waals surface area contributed by atoms with Crippen molar-refractivity contribution in [3.63, 3.8) is 0 Å². The minimum Gasteiger partial charge on any atom is -0.436 e. The fourth-order valence-electron chi connectivity index (χ4n) is 1.93. The third-order valence-electron chi connectivity index (χ3n) is 3.00. The summed E-state index contributed by atoms with van der Waals surface area (Å²) in [7, 11) is 0. The molecule has 7 heteroatoms. The van der Waals surface area contributed by atoms with Gasteiger partial charge in [-0.3, -0.25) is 14.9 Å². The molecule has 2 aromatic carbocycles. The van der Waals surface area contributed by atoms with Gasteiger partial charge in [0.2, 0.25) is 11.8 Å². The second-order valence-electron chi connectivity index (χ2n) is 4.37. The van der Waals surface area contributed by atoms with Crippen molar-refractivity contribution < 1.29 is 14.1 Å². The van der Waals surface area contributed by atoms with Crippen LogP contribution in [0.15, 0.2) is 46.9 Å². The number of carbonyl (C=O) groups excluding carboxylic acids is 1. The lowest BCUT2D eigenvalue weighted by atomic mass is 10.1. The van der Waals surface area contributed by atoms with Gasteiger partial charge in [0.05, 0.1) is 11.0 Å². The van der Waals surface area contributed by atoms with Crippen LogP contribution in [0.2, 0.25) is 0 Å². The number of nitrogens with zero attached hydrogens (tertiary/aromatic N) is 2. The molecule has 21 heavy (non-hydrogen) atoms. The highest BCUT2D eigenvalue weighted by atomic mass is 16.6. The fraction of sp³-hybridized carbons (Fsp3) is 0. The van der Waals surface area contributed by atoms with E-state index in [2.05, 4.69) is 4.98 Å². The summed E-state index contributed by atoms with van der Waals surface area (Å²) in [6.07, 6.45) is 0. The first-order valence-electron chi connectivity index (χ1n) is 6.00. The smallest absolute Gasteiger partial charge is 0.273 e. The predicted octanol–water partition coefficient (Wildman–Crippen LogP) is 2.50. The second kappa shape index (κ2) is 4.71. The Bertz CT molecular complexity index is 852. The number of benzene rings is 2. The summed E-state index contributed by atoms with van der Waals surface area (Å²) in [5.74, 6) is -0.198. The van der Waals surface area contributed by atoms with E-state index in [4.69, 9.17) is 10.2 Å². The zero-order valence-electron chi connectivity index (χ0n) is 10.6. The lowest BCUT2D eigenvalue weighted by Gasteiger charge is -1.97. The normalized spacial score (nSPS) is 10.7. The minimum atomic E-state index is -0.519. The molecule has 1 aromatic heterocycles. The molecule has 104 valence electrons. The molecule has 0 aliphatic heterocycles. The summed E-state index contributed by atoms with van der Waals surface area (Å²) >= 11 is 0. The third-order valence-corrected chi connectivity index (χ3v) is 3.00. The Morgan fingerprint density at radius 3 is 2.52 bits per heavy atom. The fourth-order valence-corrected chi connectivity index (χ4v) is 1.93. The molecule has 3 rings (SSSR count). The van der Waals surface area contributed by atoms with E-state index in [1.807, 2.05) is 0 Å². The Morgan fingerprint density at radius 1 is 1.19 bits per heavy atom. The summed E-state index contributed by atoms with van der Waals surface area (Å²) in [4.78, 5) is 25.5. The molecule has 0 spiro atoms. The number of amides is 1. The van der Waals surface area contributed by atoms with Gasteiger partial charge < -0.3 is 10.2 Å². The van der Waals surface area contributed by atoms with Crippen molar-refractivity contribution in [3.8, 4) is 11.5 Å². The van der Waals surface area contributed by atoms with E-state index in [0.29, 0.717) is 28.1 Å². The molecule has 1 heterocycles. The number of hydrogen-bond donors (Lipinski definition) is 1. The number of non-ortho nitro benzene ring substituents is 1. The molecule has 0 radical (unpaired) electrons. The van der Waals surface area contributed by atoms with Gasteiger partial charge in [-0.05, 0) is 30.3 Å². The predicted molar refractivity (Wildman–Crippen MR) is 74.6 cm³/mol. The lowest BCUT2D eigenvalue weighted by Crippen LogP contribution is -2.10. The Hall–Kier alpha value is -3.22. The van der Waals surface area contributed by atoms with Crippen LogP contribution in [0.1, 0.15) is 10.4 Å². The number of carbonyl (C=O) groups is 1. The van der Waals surface area contributed by atoms with E-state index in [1.165, 1.54) is 18.2 Å². The van der Waals surface area contributed by atoms with Gasteiger partial charge >= 0.3 is 0 Å². The van der Waals surface area contributed by atoms with Crippen molar-refractivity contribution in [1.82, 2.24) is 4.98 Å². The lowest BCUT2D eigenvalue weighted by molar-refractivity contribution is -0.384. The quantitative estimate of drug-likeness (QED) is 0.586. The average molecular weight is 283 g/mol. The van der Waals surface area contributed by atoms with Gasteiger partial charge in [0.25, 0.3) is 5.69 Å². The molecule has 0 saturated heterocycles. The molecule has 2 N–H and O–H groups in total. The molecule has 0 atom stereocenters. The van der Waals surface area contributed by atoms with Gasteiger partial charge in [0, 0.05) is 17.2 Å². The van der Waals surface area contributed by atoms with E-state index in [0.717, 1.165) is 0 Å². The maximum atomic E-state index is 11.0. The average Bonchev–Trinajstić information content (AvgIpc) is 2.90. The Balaban J connectivity index is 2.04. The van der Waals surface area contributed by atoms with Gasteiger partial charge in [0.1, 0.15) is 5.52 Å². The molecule has 3 aromatic rings. The largest absolute Gasteiger partial charge is 0.436 e. The number of nitrogens with two attached hydrogens (primary N) is 1. The molecule has 0 fully saturated rings. The van der Waals surface area contributed by atoms with Crippen molar-refractivity contribution in [2.24, 2.45) is 5.73 Å². The van der Waals surface area contributed by atoms with Crippen molar-refractivity contribution in [3.05, 3.63) is 58.1 Å². The molecule has 7 nitrogen and oxygen atoms in total.